The van der Waals surface area contributed by atoms with Gasteiger partial charge >= 0.3 is 0 Å². The number of aryl methyl sites for hydroxylation is 1. The lowest BCUT2D eigenvalue weighted by atomic mass is 9.88. The van der Waals surface area contributed by atoms with Gasteiger partial charge in [-0.1, -0.05) is 26.0 Å². The summed E-state index contributed by atoms with van der Waals surface area (Å²) in [5, 5.41) is 22.8. The maximum absolute atomic E-state index is 11.0. The number of fused-ring (bicyclic) bond motifs is 2. The summed E-state index contributed by atoms with van der Waals surface area (Å²) in [7, 11) is 0. The number of benzene rings is 1. The number of aliphatic hydroxyl groups excluding tert-OH is 2. The van der Waals surface area contributed by atoms with Crippen molar-refractivity contribution < 1.29 is 10.2 Å². The molecule has 1 saturated carbocycles. The van der Waals surface area contributed by atoms with Gasteiger partial charge in [-0.15, -0.1) is 0 Å². The van der Waals surface area contributed by atoms with Crippen LogP contribution in [0.1, 0.15) is 37.8 Å². The highest BCUT2D eigenvalue weighted by Gasteiger charge is 2.49. The molecule has 1 fully saturated rings. The number of pyridine rings is 1. The zero-order valence-electron chi connectivity index (χ0n) is 18.7. The minimum Gasteiger partial charge on any atom is -0.390 e. The predicted octanol–water partition coefficient (Wildman–Crippen LogP) is 2.79. The third-order valence-corrected chi connectivity index (χ3v) is 7.84. The number of halogens is 1. The number of aliphatic hydroxyl groups is 2. The molecular formula is C24H29BrN6O2. The minimum absolute atomic E-state index is 0.0185. The van der Waals surface area contributed by atoms with Gasteiger partial charge in [-0.2, -0.15) is 0 Å². The second kappa shape index (κ2) is 8.07. The second-order valence-electron chi connectivity index (χ2n) is 9.93. The summed E-state index contributed by atoms with van der Waals surface area (Å²) < 4.78 is 0.788. The Kier molecular flexibility index (Phi) is 5.46. The molecule has 3 aromatic rings. The molecular weight excluding hydrogens is 484 g/mol. The van der Waals surface area contributed by atoms with Crippen LogP contribution in [0.25, 0.3) is 10.9 Å². The molecule has 6 N–H and O–H groups in total. The minimum atomic E-state index is -0.844. The number of nitrogens with two attached hydrogens (primary N) is 2. The van der Waals surface area contributed by atoms with Crippen molar-refractivity contribution in [1.29, 1.82) is 0 Å². The highest BCUT2D eigenvalue weighted by molar-refractivity contribution is 9.10. The van der Waals surface area contributed by atoms with Gasteiger partial charge in [-0.3, -0.25) is 0 Å². The van der Waals surface area contributed by atoms with E-state index in [1.165, 1.54) is 6.33 Å². The zero-order chi connectivity index (χ0) is 23.5. The Hall–Kier alpha value is -2.49. The van der Waals surface area contributed by atoms with E-state index >= 15 is 0 Å². The van der Waals surface area contributed by atoms with Crippen LogP contribution in [0.2, 0.25) is 0 Å². The summed E-state index contributed by atoms with van der Waals surface area (Å²) in [6.45, 7) is 4.90. The lowest BCUT2D eigenvalue weighted by Gasteiger charge is -2.30. The van der Waals surface area contributed by atoms with E-state index < -0.39 is 12.2 Å². The molecule has 5 rings (SSSR count). The summed E-state index contributed by atoms with van der Waals surface area (Å²) >= 11 is 3.42. The van der Waals surface area contributed by atoms with Crippen LogP contribution >= 0.6 is 15.9 Å². The summed E-state index contributed by atoms with van der Waals surface area (Å²) in [5.74, 6) is 1.70. The lowest BCUT2D eigenvalue weighted by Crippen LogP contribution is -2.44. The van der Waals surface area contributed by atoms with Crippen molar-refractivity contribution >= 4 is 44.3 Å². The Morgan fingerprint density at radius 3 is 2.70 bits per heavy atom. The normalized spacial score (nSPS) is 26.2. The van der Waals surface area contributed by atoms with Crippen molar-refractivity contribution in [1.82, 2.24) is 15.0 Å². The topological polar surface area (TPSA) is 134 Å². The number of nitrogen functional groups attached to an aromatic ring is 2. The monoisotopic (exact) mass is 512 g/mol. The molecule has 2 aliphatic rings. The molecule has 174 valence electrons. The largest absolute Gasteiger partial charge is 0.390 e. The van der Waals surface area contributed by atoms with Crippen molar-refractivity contribution in [3.8, 4) is 0 Å². The summed E-state index contributed by atoms with van der Waals surface area (Å²) in [4.78, 5) is 15.2. The summed E-state index contributed by atoms with van der Waals surface area (Å²) in [5.41, 5.74) is 14.8. The van der Waals surface area contributed by atoms with Crippen LogP contribution in [0, 0.1) is 5.92 Å². The fourth-order valence-electron chi connectivity index (χ4n) is 5.52. The van der Waals surface area contributed by atoms with Gasteiger partial charge in [0.2, 0.25) is 0 Å². The first-order valence-electron chi connectivity index (χ1n) is 11.2. The van der Waals surface area contributed by atoms with E-state index in [-0.39, 0.29) is 17.4 Å². The first-order chi connectivity index (χ1) is 15.7. The van der Waals surface area contributed by atoms with Crippen molar-refractivity contribution in [2.45, 2.75) is 56.8 Å². The molecule has 1 aromatic carbocycles. The van der Waals surface area contributed by atoms with E-state index in [0.29, 0.717) is 24.6 Å². The Bertz CT molecular complexity index is 1220. The van der Waals surface area contributed by atoms with Crippen molar-refractivity contribution in [3.63, 3.8) is 0 Å². The van der Waals surface area contributed by atoms with Crippen LogP contribution in [0.3, 0.4) is 0 Å². The molecule has 33 heavy (non-hydrogen) atoms. The molecule has 8 nitrogen and oxygen atoms in total. The summed E-state index contributed by atoms with van der Waals surface area (Å²) in [6, 6.07) is 7.93. The highest BCUT2D eigenvalue weighted by atomic mass is 79.9. The molecule has 0 radical (unpaired) electrons. The van der Waals surface area contributed by atoms with E-state index in [0.717, 1.165) is 45.2 Å². The zero-order valence-corrected chi connectivity index (χ0v) is 20.3. The Balaban J connectivity index is 1.33. The molecule has 4 atom stereocenters. The number of rotatable bonds is 4. The van der Waals surface area contributed by atoms with Crippen LogP contribution in [-0.4, -0.2) is 50.0 Å². The number of hydrogen-bond donors (Lipinski definition) is 4. The van der Waals surface area contributed by atoms with Gasteiger partial charge in [0, 0.05) is 22.9 Å². The van der Waals surface area contributed by atoms with Crippen LogP contribution in [0.5, 0.6) is 0 Å². The first kappa shape index (κ1) is 22.3. The van der Waals surface area contributed by atoms with Gasteiger partial charge in [-0.25, -0.2) is 15.0 Å². The third-order valence-electron chi connectivity index (χ3n) is 7.21. The number of nitrogens with zero attached hydrogens (tertiary/aromatic N) is 4. The van der Waals surface area contributed by atoms with Gasteiger partial charge < -0.3 is 26.6 Å². The van der Waals surface area contributed by atoms with Crippen molar-refractivity contribution in [2.24, 2.45) is 5.92 Å². The molecule has 3 unspecified atom stereocenters. The number of hydrogen-bond acceptors (Lipinski definition) is 8. The molecule has 1 aliphatic carbocycles. The average molecular weight is 513 g/mol. The van der Waals surface area contributed by atoms with E-state index in [4.69, 9.17) is 11.5 Å². The fraction of sp³-hybridized carbons (Fsp3) is 0.458. The Morgan fingerprint density at radius 2 is 1.91 bits per heavy atom. The Labute approximate surface area is 201 Å². The Morgan fingerprint density at radius 1 is 1.12 bits per heavy atom. The smallest absolute Gasteiger partial charge is 0.138 e. The molecule has 0 spiro atoms. The molecule has 3 heterocycles. The molecule has 2 aromatic heterocycles. The van der Waals surface area contributed by atoms with Crippen LogP contribution in [0.15, 0.2) is 35.1 Å². The summed E-state index contributed by atoms with van der Waals surface area (Å²) in [6.07, 6.45) is 2.08. The van der Waals surface area contributed by atoms with Crippen molar-refractivity contribution in [3.05, 3.63) is 46.2 Å². The molecule has 0 amide bonds. The van der Waals surface area contributed by atoms with Gasteiger partial charge in [0.25, 0.3) is 0 Å². The van der Waals surface area contributed by atoms with Crippen LogP contribution < -0.4 is 16.4 Å². The van der Waals surface area contributed by atoms with E-state index in [9.17, 15) is 10.2 Å². The fourth-order valence-corrected chi connectivity index (χ4v) is 5.85. The second-order valence-corrected chi connectivity index (χ2v) is 10.8. The van der Waals surface area contributed by atoms with Gasteiger partial charge in [0.15, 0.2) is 0 Å². The average Bonchev–Trinajstić information content (AvgIpc) is 3.21. The SMILES string of the molecule is CC1(C)CN(C2CC(CCc3ccc4cc(Br)c(N)nc4c3)C(O)[C@@H]2O)c2ncnc(N)c21. The van der Waals surface area contributed by atoms with Gasteiger partial charge in [0.05, 0.1) is 22.1 Å². The van der Waals surface area contributed by atoms with E-state index in [2.05, 4.69) is 55.7 Å². The van der Waals surface area contributed by atoms with Crippen molar-refractivity contribution in [2.75, 3.05) is 22.9 Å². The van der Waals surface area contributed by atoms with Crippen LogP contribution in [0.4, 0.5) is 17.5 Å². The maximum atomic E-state index is 11.0. The van der Waals surface area contributed by atoms with E-state index in [1.54, 1.807) is 0 Å². The van der Waals surface area contributed by atoms with Gasteiger partial charge in [-0.05, 0) is 58.8 Å². The molecule has 0 saturated heterocycles. The maximum Gasteiger partial charge on any atom is 0.138 e. The molecule has 1 aliphatic heterocycles. The highest BCUT2D eigenvalue weighted by Crippen LogP contribution is 2.46. The quantitative estimate of drug-likeness (QED) is 0.419. The lowest BCUT2D eigenvalue weighted by molar-refractivity contribution is 0.0129. The third kappa shape index (κ3) is 3.82. The molecule has 0 bridgehead atoms. The molecule has 9 heteroatoms. The first-order valence-corrected chi connectivity index (χ1v) is 12.0. The number of aromatic nitrogens is 3. The standard InChI is InChI=1S/C24H29BrN6O2/c1-24(2)10-31(23-18(24)22(27)28-11-29-23)17-9-14(19(32)20(17)33)6-4-12-3-5-13-8-15(25)21(26)30-16(13)7-12/h3,5,7-8,11,14,17,19-20,32-33H,4,6,9-10H2,1-2H3,(H2,26,30)(H2,27,28,29)/t14?,17?,19?,20-/m1/s1. The predicted molar refractivity (Wildman–Crippen MR) is 133 cm³/mol. The van der Waals surface area contributed by atoms with E-state index in [1.807, 2.05) is 18.2 Å². The van der Waals surface area contributed by atoms with Crippen LogP contribution in [-0.2, 0) is 11.8 Å². The number of anilines is 3. The van der Waals surface area contributed by atoms with Gasteiger partial charge in [0.1, 0.15) is 29.9 Å².